The van der Waals surface area contributed by atoms with Gasteiger partial charge in [0.25, 0.3) is 18.2 Å². The summed E-state index contributed by atoms with van der Waals surface area (Å²) in [5.74, 6) is -4.42. The van der Waals surface area contributed by atoms with E-state index >= 15 is 0 Å². The fourth-order valence-electron chi connectivity index (χ4n) is 3.23. The first kappa shape index (κ1) is 25.0. The zero-order valence-corrected chi connectivity index (χ0v) is 18.5. The van der Waals surface area contributed by atoms with Crippen LogP contribution >= 0.6 is 11.6 Å². The van der Waals surface area contributed by atoms with Crippen LogP contribution in [0.3, 0.4) is 0 Å². The Kier molecular flexibility index (Phi) is 6.34. The Morgan fingerprint density at radius 1 is 1.25 bits per heavy atom. The molecule has 1 unspecified atom stereocenters. The number of benzene rings is 1. The third-order valence-electron chi connectivity index (χ3n) is 4.67. The lowest BCUT2D eigenvalue weighted by Gasteiger charge is -2.14. The second-order valence-electron chi connectivity index (χ2n) is 7.15. The molecule has 2 aromatic heterocycles. The van der Waals surface area contributed by atoms with Crippen molar-refractivity contribution in [1.29, 1.82) is 0 Å². The average Bonchev–Trinajstić information content (AvgIpc) is 3.33. The van der Waals surface area contributed by atoms with Gasteiger partial charge in [-0.3, -0.25) is 9.59 Å². The van der Waals surface area contributed by atoms with Crippen LogP contribution in [0.1, 0.15) is 26.4 Å². The molecule has 3 N–H and O–H groups in total. The lowest BCUT2D eigenvalue weighted by molar-refractivity contribution is -0.286. The van der Waals surface area contributed by atoms with Gasteiger partial charge < -0.3 is 25.3 Å². The highest BCUT2D eigenvalue weighted by Crippen LogP contribution is 2.47. The van der Waals surface area contributed by atoms with Crippen molar-refractivity contribution >= 4 is 29.1 Å². The third kappa shape index (κ3) is 4.68. The number of hydrogen-bond acceptors (Lipinski definition) is 7. The second-order valence-corrected chi connectivity index (χ2v) is 7.56. The summed E-state index contributed by atoms with van der Waals surface area (Å²) in [6.07, 6.45) is -9.40. The number of amides is 2. The number of aromatic nitrogens is 3. The average molecular weight is 534 g/mol. The Balaban J connectivity index is 1.78. The Hall–Kier alpha value is -4.14. The van der Waals surface area contributed by atoms with Crippen LogP contribution in [0, 0.1) is 6.92 Å². The minimum Gasteiger partial charge on any atom is -0.436 e. The van der Waals surface area contributed by atoms with Gasteiger partial charge in [0, 0.05) is 12.3 Å². The first-order valence-electron chi connectivity index (χ1n) is 9.72. The molecule has 3 heterocycles. The molecular formula is C20H13ClF5N5O5. The van der Waals surface area contributed by atoms with Crippen LogP contribution in [0.2, 0.25) is 5.02 Å². The van der Waals surface area contributed by atoms with Gasteiger partial charge in [0.15, 0.2) is 17.3 Å². The van der Waals surface area contributed by atoms with Gasteiger partial charge in [-0.2, -0.15) is 4.39 Å². The minimum absolute atomic E-state index is 0.0359. The minimum atomic E-state index is -4.09. The Morgan fingerprint density at radius 3 is 2.61 bits per heavy atom. The van der Waals surface area contributed by atoms with Crippen LogP contribution in [0.25, 0.3) is 5.82 Å². The first-order valence-corrected chi connectivity index (χ1v) is 10.1. The van der Waals surface area contributed by atoms with Gasteiger partial charge in [0.05, 0.1) is 10.7 Å². The number of primary amides is 1. The zero-order chi connectivity index (χ0) is 26.4. The smallest absolute Gasteiger partial charge is 0.436 e. The molecule has 1 aliphatic rings. The van der Waals surface area contributed by atoms with E-state index in [1.165, 1.54) is 25.3 Å². The van der Waals surface area contributed by atoms with Gasteiger partial charge in [-0.25, -0.2) is 18.4 Å². The number of pyridine rings is 1. The topological polar surface area (TPSA) is 131 Å². The second kappa shape index (κ2) is 9.14. The van der Waals surface area contributed by atoms with Crippen molar-refractivity contribution in [1.82, 2.24) is 14.8 Å². The van der Waals surface area contributed by atoms with Crippen molar-refractivity contribution in [3.05, 3.63) is 52.3 Å². The van der Waals surface area contributed by atoms with Crippen LogP contribution in [-0.4, -0.2) is 45.7 Å². The maximum Gasteiger partial charge on any atom is 0.586 e. The summed E-state index contributed by atoms with van der Waals surface area (Å²) in [4.78, 5) is 29.2. The third-order valence-corrected chi connectivity index (χ3v) is 4.96. The molecule has 0 fully saturated rings. The molecule has 16 heteroatoms. The number of fused-ring (bicyclic) bond motifs is 1. The number of nitrogens with one attached hydrogen (secondary N) is 1. The molecule has 4 rings (SSSR count). The van der Waals surface area contributed by atoms with E-state index in [2.05, 4.69) is 29.6 Å². The molecule has 2 amide bonds. The molecule has 1 aromatic carbocycles. The normalized spacial score (nSPS) is 14.6. The number of ether oxygens (including phenoxy) is 3. The van der Waals surface area contributed by atoms with Gasteiger partial charge in [-0.15, -0.1) is 13.9 Å². The number of aryl methyl sites for hydroxylation is 1. The summed E-state index contributed by atoms with van der Waals surface area (Å²) in [5.41, 5.74) is 3.98. The number of nitrogens with zero attached hydrogens (tertiary/aromatic N) is 3. The number of hydrogen-bond donors (Lipinski definition) is 2. The number of carbonyl (C=O) groups excluding carboxylic acids is 2. The van der Waals surface area contributed by atoms with Gasteiger partial charge in [0.2, 0.25) is 5.88 Å². The van der Waals surface area contributed by atoms with Crippen LogP contribution in [0.15, 0.2) is 30.5 Å². The van der Waals surface area contributed by atoms with Gasteiger partial charge >= 0.3 is 12.7 Å². The largest absolute Gasteiger partial charge is 0.586 e. The van der Waals surface area contributed by atoms with Crippen molar-refractivity contribution in [2.75, 3.05) is 5.32 Å². The maximum atomic E-state index is 13.6. The molecule has 1 aliphatic heterocycles. The van der Waals surface area contributed by atoms with Gasteiger partial charge in [-0.05, 0) is 30.7 Å². The highest BCUT2D eigenvalue weighted by molar-refractivity contribution is 6.32. The SMILES string of the molecule is Cc1cc2c(c(C(N)=O)c1NC(=O)c1cc(OC(F)C(F)F)nn1-c1ncccc1Cl)OC(F)(F)O2. The zero-order valence-electron chi connectivity index (χ0n) is 17.8. The molecule has 0 radical (unpaired) electrons. The van der Waals surface area contributed by atoms with E-state index in [0.29, 0.717) is 0 Å². The molecule has 0 saturated heterocycles. The summed E-state index contributed by atoms with van der Waals surface area (Å²) in [5, 5.41) is 6.03. The van der Waals surface area contributed by atoms with E-state index in [1.54, 1.807) is 0 Å². The van der Waals surface area contributed by atoms with Crippen molar-refractivity contribution in [2.24, 2.45) is 5.73 Å². The standard InChI is InChI=1S/C20H13ClF5N5O5/c1-7-5-10-14(36-20(25,26)35-10)12(17(27)32)13(7)29-19(33)9-6-11(34-16(24)15(22)23)30-31(9)18-8(21)3-2-4-28-18/h2-6,15-16H,1H3,(H2,27,32)(H,29,33). The summed E-state index contributed by atoms with van der Waals surface area (Å²) >= 11 is 6.09. The van der Waals surface area contributed by atoms with Crippen molar-refractivity contribution in [3.8, 4) is 23.2 Å². The maximum absolute atomic E-state index is 13.6. The molecular weight excluding hydrogens is 521 g/mol. The van der Waals surface area contributed by atoms with Crippen LogP contribution in [-0.2, 0) is 0 Å². The van der Waals surface area contributed by atoms with Crippen molar-refractivity contribution in [3.63, 3.8) is 0 Å². The van der Waals surface area contributed by atoms with Crippen LogP contribution < -0.4 is 25.3 Å². The number of nitrogens with two attached hydrogens (primary N) is 1. The quantitative estimate of drug-likeness (QED) is 0.441. The summed E-state index contributed by atoms with van der Waals surface area (Å²) in [6.45, 7) is 1.35. The summed E-state index contributed by atoms with van der Waals surface area (Å²) < 4.78 is 79.8. The summed E-state index contributed by atoms with van der Waals surface area (Å²) in [6, 6.07) is 4.69. The van der Waals surface area contributed by atoms with E-state index in [-0.39, 0.29) is 22.1 Å². The van der Waals surface area contributed by atoms with Gasteiger partial charge in [0.1, 0.15) is 11.3 Å². The molecule has 1 atom stereocenters. The van der Waals surface area contributed by atoms with Crippen molar-refractivity contribution < 1.29 is 45.8 Å². The first-order chi connectivity index (χ1) is 16.9. The number of alkyl halides is 5. The molecule has 3 aromatic rings. The van der Waals surface area contributed by atoms with E-state index in [9.17, 15) is 31.5 Å². The van der Waals surface area contributed by atoms with E-state index in [4.69, 9.17) is 17.3 Å². The highest BCUT2D eigenvalue weighted by Gasteiger charge is 2.46. The van der Waals surface area contributed by atoms with E-state index in [0.717, 1.165) is 16.8 Å². The van der Waals surface area contributed by atoms with Crippen LogP contribution in [0.5, 0.6) is 17.4 Å². The van der Waals surface area contributed by atoms with Crippen molar-refractivity contribution in [2.45, 2.75) is 26.0 Å². The lowest BCUT2D eigenvalue weighted by Crippen LogP contribution is -2.26. The van der Waals surface area contributed by atoms with E-state index in [1.807, 2.05) is 0 Å². The molecule has 0 bridgehead atoms. The van der Waals surface area contributed by atoms with Crippen LogP contribution in [0.4, 0.5) is 27.6 Å². The van der Waals surface area contributed by atoms with Gasteiger partial charge in [-0.1, -0.05) is 11.6 Å². The molecule has 190 valence electrons. The number of anilines is 1. The van der Waals surface area contributed by atoms with E-state index < -0.39 is 59.5 Å². The Labute approximate surface area is 202 Å². The fourth-order valence-corrected chi connectivity index (χ4v) is 3.43. The Morgan fingerprint density at radius 2 is 1.97 bits per heavy atom. The molecule has 0 saturated carbocycles. The predicted octanol–water partition coefficient (Wildman–Crippen LogP) is 3.84. The monoisotopic (exact) mass is 533 g/mol. The lowest BCUT2D eigenvalue weighted by atomic mass is 10.0. The predicted molar refractivity (Wildman–Crippen MR) is 112 cm³/mol. The number of carbonyl (C=O) groups is 2. The molecule has 0 aliphatic carbocycles. The molecule has 10 nitrogen and oxygen atoms in total. The Bertz CT molecular complexity index is 1370. The molecule has 36 heavy (non-hydrogen) atoms. The highest BCUT2D eigenvalue weighted by atomic mass is 35.5. The number of halogens is 6. The number of rotatable bonds is 7. The molecule has 0 spiro atoms. The summed E-state index contributed by atoms with van der Waals surface area (Å²) in [7, 11) is 0. The fraction of sp³-hybridized carbons (Fsp3) is 0.200.